The molecule has 0 fully saturated rings. The van der Waals surface area contributed by atoms with Gasteiger partial charge in [-0.15, -0.1) is 5.10 Å². The van der Waals surface area contributed by atoms with Crippen molar-refractivity contribution in [2.24, 2.45) is 0 Å². The van der Waals surface area contributed by atoms with Crippen LogP contribution in [-0.2, 0) is 16.1 Å². The SMILES string of the molecule is C=CCOC(=O)C1=C(C)Nc2nc(SCCC)nn2C1c1cc(Br)c(OCc2ccccc2)c(OCC)c1. The van der Waals surface area contributed by atoms with Gasteiger partial charge in [-0.05, 0) is 59.5 Å². The van der Waals surface area contributed by atoms with E-state index in [0.29, 0.717) is 51.6 Å². The maximum atomic E-state index is 13.3. The average molecular weight is 600 g/mol. The molecule has 0 spiro atoms. The third-order valence-electron chi connectivity index (χ3n) is 5.69. The van der Waals surface area contributed by atoms with Crippen molar-refractivity contribution in [1.29, 1.82) is 0 Å². The summed E-state index contributed by atoms with van der Waals surface area (Å²) in [6.45, 7) is 10.5. The van der Waals surface area contributed by atoms with Gasteiger partial charge in [-0.25, -0.2) is 9.48 Å². The third kappa shape index (κ3) is 6.24. The molecule has 200 valence electrons. The fourth-order valence-corrected chi connectivity index (χ4v) is 5.31. The summed E-state index contributed by atoms with van der Waals surface area (Å²) >= 11 is 5.26. The Balaban J connectivity index is 1.78. The zero-order chi connectivity index (χ0) is 27.1. The summed E-state index contributed by atoms with van der Waals surface area (Å²) in [5.41, 5.74) is 2.90. The number of anilines is 1. The molecule has 0 saturated carbocycles. The van der Waals surface area contributed by atoms with Crippen LogP contribution in [0.3, 0.4) is 0 Å². The van der Waals surface area contributed by atoms with Gasteiger partial charge in [-0.3, -0.25) is 0 Å². The zero-order valence-electron chi connectivity index (χ0n) is 21.7. The topological polar surface area (TPSA) is 87.5 Å². The molecular weight excluding hydrogens is 568 g/mol. The molecule has 8 nitrogen and oxygen atoms in total. The number of benzene rings is 2. The Labute approximate surface area is 235 Å². The Kier molecular flexibility index (Phi) is 9.52. The van der Waals surface area contributed by atoms with Crippen molar-refractivity contribution in [2.45, 2.75) is 45.0 Å². The van der Waals surface area contributed by atoms with Gasteiger partial charge in [0, 0.05) is 11.4 Å². The van der Waals surface area contributed by atoms with Crippen LogP contribution in [0.1, 0.15) is 44.4 Å². The Bertz CT molecular complexity index is 1330. The van der Waals surface area contributed by atoms with Crippen LogP contribution >= 0.6 is 27.7 Å². The van der Waals surface area contributed by atoms with E-state index in [1.807, 2.05) is 56.3 Å². The summed E-state index contributed by atoms with van der Waals surface area (Å²) < 4.78 is 20.1. The normalized spacial score (nSPS) is 14.5. The highest BCUT2D eigenvalue weighted by atomic mass is 79.9. The van der Waals surface area contributed by atoms with Crippen LogP contribution in [0.2, 0.25) is 0 Å². The molecule has 10 heteroatoms. The number of allylic oxidation sites excluding steroid dienone is 1. The quantitative estimate of drug-likeness (QED) is 0.143. The molecule has 0 amide bonds. The summed E-state index contributed by atoms with van der Waals surface area (Å²) in [5.74, 6) is 2.14. The summed E-state index contributed by atoms with van der Waals surface area (Å²) in [5, 5.41) is 8.62. The Morgan fingerprint density at radius 2 is 2.03 bits per heavy atom. The molecule has 4 rings (SSSR count). The van der Waals surface area contributed by atoms with Crippen LogP contribution in [-0.4, -0.2) is 39.7 Å². The van der Waals surface area contributed by atoms with Crippen LogP contribution in [0.5, 0.6) is 11.5 Å². The number of hydrogen-bond donors (Lipinski definition) is 1. The van der Waals surface area contributed by atoms with Crippen LogP contribution < -0.4 is 14.8 Å². The van der Waals surface area contributed by atoms with Gasteiger partial charge in [0.25, 0.3) is 0 Å². The maximum absolute atomic E-state index is 13.3. The van der Waals surface area contributed by atoms with Crippen molar-refractivity contribution in [3.8, 4) is 11.5 Å². The number of rotatable bonds is 12. The number of carbonyl (C=O) groups excluding carboxylic acids is 1. The van der Waals surface area contributed by atoms with E-state index in [2.05, 4.69) is 39.7 Å². The second kappa shape index (κ2) is 13.0. The summed E-state index contributed by atoms with van der Waals surface area (Å²) in [6.07, 6.45) is 2.54. The second-order valence-electron chi connectivity index (χ2n) is 8.50. The van der Waals surface area contributed by atoms with E-state index in [1.54, 1.807) is 22.5 Å². The third-order valence-corrected chi connectivity index (χ3v) is 7.33. The number of nitrogens with zero attached hydrogens (tertiary/aromatic N) is 3. The Hall–Kier alpha value is -3.24. The number of thioether (sulfide) groups is 1. The van der Waals surface area contributed by atoms with E-state index in [4.69, 9.17) is 19.3 Å². The minimum Gasteiger partial charge on any atom is -0.490 e. The van der Waals surface area contributed by atoms with E-state index >= 15 is 0 Å². The lowest BCUT2D eigenvalue weighted by molar-refractivity contribution is -0.138. The predicted molar refractivity (Wildman–Crippen MR) is 153 cm³/mol. The first-order valence-corrected chi connectivity index (χ1v) is 14.2. The molecule has 0 aliphatic carbocycles. The molecule has 1 aliphatic heterocycles. The largest absolute Gasteiger partial charge is 0.490 e. The van der Waals surface area contributed by atoms with E-state index < -0.39 is 12.0 Å². The minimum atomic E-state index is -0.592. The molecule has 3 aromatic rings. The van der Waals surface area contributed by atoms with Crippen molar-refractivity contribution in [1.82, 2.24) is 14.8 Å². The molecule has 38 heavy (non-hydrogen) atoms. The first-order valence-electron chi connectivity index (χ1n) is 12.4. The monoisotopic (exact) mass is 598 g/mol. The molecule has 1 atom stereocenters. The summed E-state index contributed by atoms with van der Waals surface area (Å²) in [7, 11) is 0. The molecule has 0 saturated heterocycles. The minimum absolute atomic E-state index is 0.101. The van der Waals surface area contributed by atoms with Crippen LogP contribution in [0, 0.1) is 0 Å². The lowest BCUT2D eigenvalue weighted by Crippen LogP contribution is -2.29. The molecule has 2 heterocycles. The molecule has 2 aromatic carbocycles. The highest BCUT2D eigenvalue weighted by molar-refractivity contribution is 9.10. The van der Waals surface area contributed by atoms with E-state index in [0.717, 1.165) is 23.3 Å². The first-order chi connectivity index (χ1) is 18.5. The molecule has 1 N–H and O–H groups in total. The molecule has 1 aliphatic rings. The van der Waals surface area contributed by atoms with Gasteiger partial charge >= 0.3 is 5.97 Å². The fourth-order valence-electron chi connectivity index (χ4n) is 4.05. The van der Waals surface area contributed by atoms with E-state index in [9.17, 15) is 4.79 Å². The van der Waals surface area contributed by atoms with Crippen molar-refractivity contribution in [2.75, 3.05) is 24.3 Å². The number of aromatic nitrogens is 3. The number of hydrogen-bond acceptors (Lipinski definition) is 8. The summed E-state index contributed by atoms with van der Waals surface area (Å²) in [6, 6.07) is 13.2. The van der Waals surface area contributed by atoms with E-state index in [-0.39, 0.29) is 6.61 Å². The van der Waals surface area contributed by atoms with Crippen LogP contribution in [0.4, 0.5) is 5.95 Å². The highest BCUT2D eigenvalue weighted by Crippen LogP contribution is 2.43. The number of nitrogens with one attached hydrogen (secondary N) is 1. The number of halogens is 1. The van der Waals surface area contributed by atoms with Crippen molar-refractivity contribution >= 4 is 39.6 Å². The number of fused-ring (bicyclic) bond motifs is 1. The smallest absolute Gasteiger partial charge is 0.338 e. The van der Waals surface area contributed by atoms with Gasteiger partial charge in [0.05, 0.1) is 16.7 Å². The Morgan fingerprint density at radius 1 is 1.24 bits per heavy atom. The molecule has 1 aromatic heterocycles. The molecule has 0 radical (unpaired) electrons. The van der Waals surface area contributed by atoms with E-state index in [1.165, 1.54) is 0 Å². The van der Waals surface area contributed by atoms with Gasteiger partial charge in [-0.2, -0.15) is 4.98 Å². The number of ether oxygens (including phenoxy) is 3. The van der Waals surface area contributed by atoms with Gasteiger partial charge in [0.2, 0.25) is 11.1 Å². The molecule has 1 unspecified atom stereocenters. The standard InChI is InChI=1S/C28H31BrN4O4S/c1-5-13-36-26(34)23-18(4)30-27-31-28(38-14-6-2)32-33(27)24(23)20-15-21(29)25(22(16-20)35-7-3)37-17-19-11-9-8-10-12-19/h5,8-12,15-16,24H,1,6-7,13-14,17H2,2-4H3,(H,30,31,32). The Morgan fingerprint density at radius 3 is 2.74 bits per heavy atom. The van der Waals surface area contributed by atoms with Crippen molar-refractivity contribution < 1.29 is 19.0 Å². The predicted octanol–water partition coefficient (Wildman–Crippen LogP) is 6.54. The van der Waals surface area contributed by atoms with Gasteiger partial charge in [0.1, 0.15) is 19.3 Å². The summed E-state index contributed by atoms with van der Waals surface area (Å²) in [4.78, 5) is 17.9. The number of carbonyl (C=O) groups is 1. The van der Waals surface area contributed by atoms with Crippen molar-refractivity contribution in [3.63, 3.8) is 0 Å². The molecular formula is C28H31BrN4O4S. The van der Waals surface area contributed by atoms with Crippen LogP contribution in [0.25, 0.3) is 0 Å². The second-order valence-corrected chi connectivity index (χ2v) is 10.4. The van der Waals surface area contributed by atoms with Gasteiger partial charge in [0.15, 0.2) is 11.5 Å². The fraction of sp³-hybridized carbons (Fsp3) is 0.321. The van der Waals surface area contributed by atoms with Gasteiger partial charge in [-0.1, -0.05) is 61.7 Å². The van der Waals surface area contributed by atoms with Crippen molar-refractivity contribution in [3.05, 3.63) is 82.0 Å². The maximum Gasteiger partial charge on any atom is 0.338 e. The van der Waals surface area contributed by atoms with Crippen LogP contribution in [0.15, 0.2) is 76.0 Å². The average Bonchev–Trinajstić information content (AvgIpc) is 3.32. The zero-order valence-corrected chi connectivity index (χ0v) is 24.1. The molecule has 0 bridgehead atoms. The lowest BCUT2D eigenvalue weighted by Gasteiger charge is -2.29. The van der Waals surface area contributed by atoms with Gasteiger partial charge < -0.3 is 19.5 Å². The lowest BCUT2D eigenvalue weighted by atomic mass is 9.95. The highest BCUT2D eigenvalue weighted by Gasteiger charge is 2.36. The number of esters is 1. The first kappa shape index (κ1) is 27.8.